The first-order valence-electron chi connectivity index (χ1n) is 4.46. The maximum Gasteiger partial charge on any atom is 0.272 e. The van der Waals surface area contributed by atoms with Gasteiger partial charge in [-0.2, -0.15) is 0 Å². The molecular formula is C10H7F2NO3S. The van der Waals surface area contributed by atoms with Gasteiger partial charge in [0.15, 0.2) is 11.6 Å². The van der Waals surface area contributed by atoms with E-state index in [0.29, 0.717) is 0 Å². The van der Waals surface area contributed by atoms with Crippen LogP contribution < -0.4 is 5.14 Å². The van der Waals surface area contributed by atoms with E-state index in [2.05, 4.69) is 4.42 Å². The molecule has 90 valence electrons. The lowest BCUT2D eigenvalue weighted by Gasteiger charge is -2.03. The Morgan fingerprint density at radius 3 is 2.47 bits per heavy atom. The molecule has 1 heterocycles. The molecule has 0 aliphatic carbocycles. The van der Waals surface area contributed by atoms with Crippen LogP contribution in [0.2, 0.25) is 0 Å². The number of rotatable bonds is 2. The number of benzene rings is 1. The van der Waals surface area contributed by atoms with Crippen LogP contribution in [0.3, 0.4) is 0 Å². The van der Waals surface area contributed by atoms with Crippen molar-refractivity contribution in [1.82, 2.24) is 0 Å². The predicted octanol–water partition coefficient (Wildman–Crippen LogP) is 1.87. The minimum absolute atomic E-state index is 0.107. The Morgan fingerprint density at radius 2 is 1.82 bits per heavy atom. The van der Waals surface area contributed by atoms with Gasteiger partial charge in [-0.25, -0.2) is 22.3 Å². The highest BCUT2D eigenvalue weighted by molar-refractivity contribution is 7.89. The van der Waals surface area contributed by atoms with Crippen molar-refractivity contribution in [2.24, 2.45) is 5.14 Å². The van der Waals surface area contributed by atoms with E-state index in [9.17, 15) is 17.2 Å². The van der Waals surface area contributed by atoms with Gasteiger partial charge in [-0.1, -0.05) is 12.1 Å². The fourth-order valence-electron chi connectivity index (χ4n) is 1.43. The lowest BCUT2D eigenvalue weighted by atomic mass is 10.1. The van der Waals surface area contributed by atoms with Crippen LogP contribution in [0.25, 0.3) is 11.1 Å². The average Bonchev–Trinajstić information content (AvgIpc) is 2.70. The van der Waals surface area contributed by atoms with Gasteiger partial charge in [0.2, 0.25) is 5.09 Å². The number of hydrogen-bond donors (Lipinski definition) is 1. The van der Waals surface area contributed by atoms with Gasteiger partial charge in [0.05, 0.1) is 6.26 Å². The normalized spacial score (nSPS) is 11.7. The average molecular weight is 259 g/mol. The molecule has 2 aromatic rings. The first-order chi connectivity index (χ1) is 7.91. The van der Waals surface area contributed by atoms with E-state index in [1.165, 1.54) is 18.2 Å². The monoisotopic (exact) mass is 259 g/mol. The van der Waals surface area contributed by atoms with Gasteiger partial charge in [-0.15, -0.1) is 0 Å². The number of hydrogen-bond acceptors (Lipinski definition) is 3. The molecule has 0 aliphatic rings. The Labute approximate surface area is 95.7 Å². The molecule has 0 spiro atoms. The molecule has 0 amide bonds. The molecule has 0 radical (unpaired) electrons. The Bertz CT molecular complexity index is 664. The van der Waals surface area contributed by atoms with Gasteiger partial charge in [0, 0.05) is 11.1 Å². The highest BCUT2D eigenvalue weighted by Gasteiger charge is 2.22. The molecule has 4 nitrogen and oxygen atoms in total. The van der Waals surface area contributed by atoms with E-state index in [0.717, 1.165) is 12.3 Å². The largest absolute Gasteiger partial charge is 0.451 e. The molecule has 2 rings (SSSR count). The molecule has 17 heavy (non-hydrogen) atoms. The summed E-state index contributed by atoms with van der Waals surface area (Å²) >= 11 is 0. The van der Waals surface area contributed by atoms with E-state index in [-0.39, 0.29) is 11.1 Å². The van der Waals surface area contributed by atoms with Crippen molar-refractivity contribution in [3.05, 3.63) is 42.2 Å². The molecule has 1 aromatic carbocycles. The number of sulfonamides is 1. The van der Waals surface area contributed by atoms with Crippen LogP contribution in [0.1, 0.15) is 0 Å². The summed E-state index contributed by atoms with van der Waals surface area (Å²) in [5, 5.41) is 4.29. The van der Waals surface area contributed by atoms with Crippen LogP contribution >= 0.6 is 0 Å². The van der Waals surface area contributed by atoms with Crippen molar-refractivity contribution in [3.63, 3.8) is 0 Å². The summed E-state index contributed by atoms with van der Waals surface area (Å²) in [5.74, 6) is -2.23. The summed E-state index contributed by atoms with van der Waals surface area (Å²) in [6.07, 6.45) is 1.04. The topological polar surface area (TPSA) is 73.3 Å². The number of nitrogens with two attached hydrogens (primary N) is 1. The molecule has 0 saturated heterocycles. The molecule has 0 unspecified atom stereocenters. The number of primary sulfonamides is 1. The minimum atomic E-state index is -4.12. The van der Waals surface area contributed by atoms with Gasteiger partial charge in [0.25, 0.3) is 10.0 Å². The molecule has 7 heteroatoms. The second-order valence-electron chi connectivity index (χ2n) is 3.27. The molecule has 2 N–H and O–H groups in total. The molecule has 0 saturated carbocycles. The summed E-state index contributed by atoms with van der Waals surface area (Å²) in [4.78, 5) is 0. The van der Waals surface area contributed by atoms with Crippen molar-refractivity contribution >= 4 is 10.0 Å². The van der Waals surface area contributed by atoms with Crippen molar-refractivity contribution in [2.75, 3.05) is 0 Å². The fraction of sp³-hybridized carbons (Fsp3) is 0. The third kappa shape index (κ3) is 2.06. The molecule has 1 aromatic heterocycles. The zero-order valence-electron chi connectivity index (χ0n) is 8.35. The van der Waals surface area contributed by atoms with Crippen molar-refractivity contribution < 1.29 is 21.6 Å². The van der Waals surface area contributed by atoms with Crippen LogP contribution in [0, 0.1) is 11.6 Å². The van der Waals surface area contributed by atoms with Crippen LogP contribution in [-0.2, 0) is 10.0 Å². The summed E-state index contributed by atoms with van der Waals surface area (Å²) in [5.41, 5.74) is -0.327. The maximum absolute atomic E-state index is 13.5. The van der Waals surface area contributed by atoms with Crippen LogP contribution in [-0.4, -0.2) is 8.42 Å². The summed E-state index contributed by atoms with van der Waals surface area (Å²) in [7, 11) is -4.12. The van der Waals surface area contributed by atoms with E-state index >= 15 is 0 Å². The smallest absolute Gasteiger partial charge is 0.272 e. The van der Waals surface area contributed by atoms with E-state index in [1.54, 1.807) is 0 Å². The van der Waals surface area contributed by atoms with Gasteiger partial charge in [0.1, 0.15) is 0 Å². The van der Waals surface area contributed by atoms with Gasteiger partial charge in [-0.05, 0) is 12.1 Å². The van der Waals surface area contributed by atoms with Crippen LogP contribution in [0.15, 0.2) is 40.0 Å². The zero-order valence-corrected chi connectivity index (χ0v) is 9.17. The van der Waals surface area contributed by atoms with Gasteiger partial charge in [-0.3, -0.25) is 0 Å². The highest BCUT2D eigenvalue weighted by Crippen LogP contribution is 2.30. The third-order valence-corrected chi connectivity index (χ3v) is 2.96. The second kappa shape index (κ2) is 3.94. The lowest BCUT2D eigenvalue weighted by molar-refractivity contribution is 0.451. The number of furan rings is 1. The third-order valence-electron chi connectivity index (χ3n) is 2.13. The summed E-state index contributed by atoms with van der Waals surface area (Å²) < 4.78 is 53.5. The molecule has 0 atom stereocenters. The zero-order chi connectivity index (χ0) is 12.6. The minimum Gasteiger partial charge on any atom is -0.451 e. The maximum atomic E-state index is 13.5. The molecule has 0 bridgehead atoms. The van der Waals surface area contributed by atoms with Crippen molar-refractivity contribution in [2.45, 2.75) is 5.09 Å². The van der Waals surface area contributed by atoms with Gasteiger partial charge >= 0.3 is 0 Å². The lowest BCUT2D eigenvalue weighted by Crippen LogP contribution is -2.12. The van der Waals surface area contributed by atoms with Crippen molar-refractivity contribution in [3.8, 4) is 11.1 Å². The Kier molecular flexibility index (Phi) is 2.72. The Morgan fingerprint density at radius 1 is 1.12 bits per heavy atom. The van der Waals surface area contributed by atoms with Crippen LogP contribution in [0.5, 0.6) is 0 Å². The fourth-order valence-corrected chi connectivity index (χ4v) is 2.10. The first-order valence-corrected chi connectivity index (χ1v) is 6.00. The second-order valence-corrected chi connectivity index (χ2v) is 4.73. The SMILES string of the molecule is NS(=O)(=O)c1occc1-c1cccc(F)c1F. The van der Waals surface area contributed by atoms with Crippen molar-refractivity contribution in [1.29, 1.82) is 0 Å². The molecular weight excluding hydrogens is 252 g/mol. The standard InChI is InChI=1S/C10H7F2NO3S/c11-8-3-1-2-6(9(8)12)7-4-5-16-10(7)17(13,14)15/h1-5H,(H2,13,14,15). The Balaban J connectivity index is 2.71. The highest BCUT2D eigenvalue weighted by atomic mass is 32.2. The van der Waals surface area contributed by atoms with E-state index in [1.807, 2.05) is 0 Å². The molecule has 0 fully saturated rings. The summed E-state index contributed by atoms with van der Waals surface area (Å²) in [6.45, 7) is 0. The Hall–Kier alpha value is -1.73. The first kappa shape index (κ1) is 11.7. The van der Waals surface area contributed by atoms with E-state index in [4.69, 9.17) is 5.14 Å². The quantitative estimate of drug-likeness (QED) is 0.894. The summed E-state index contributed by atoms with van der Waals surface area (Å²) in [6, 6.07) is 4.62. The predicted molar refractivity (Wildman–Crippen MR) is 55.4 cm³/mol. The van der Waals surface area contributed by atoms with Gasteiger partial charge < -0.3 is 4.42 Å². The number of halogens is 2. The molecule has 0 aliphatic heterocycles. The van der Waals surface area contributed by atoms with Crippen LogP contribution in [0.4, 0.5) is 8.78 Å². The van der Waals surface area contributed by atoms with E-state index < -0.39 is 26.8 Å².